The number of aryl methyl sites for hydroxylation is 1. The van der Waals surface area contributed by atoms with E-state index in [1.54, 1.807) is 24.3 Å². The fourth-order valence-corrected chi connectivity index (χ4v) is 3.89. The summed E-state index contributed by atoms with van der Waals surface area (Å²) >= 11 is 7.28. The monoisotopic (exact) mass is 346 g/mol. The third-order valence-corrected chi connectivity index (χ3v) is 5.21. The molecule has 4 nitrogen and oxygen atoms in total. The molecule has 3 rings (SSSR count). The van der Waals surface area contributed by atoms with Crippen LogP contribution >= 0.6 is 23.4 Å². The summed E-state index contributed by atoms with van der Waals surface area (Å²) in [6.07, 6.45) is 0.167. The topological polar surface area (TPSA) is 63.4 Å². The van der Waals surface area contributed by atoms with Gasteiger partial charge >= 0.3 is 0 Å². The van der Waals surface area contributed by atoms with E-state index in [0.29, 0.717) is 16.4 Å². The van der Waals surface area contributed by atoms with Gasteiger partial charge in [0.15, 0.2) is 0 Å². The average molecular weight is 347 g/mol. The lowest BCUT2D eigenvalue weighted by molar-refractivity contribution is -0.121. The van der Waals surface area contributed by atoms with E-state index >= 15 is 0 Å². The van der Waals surface area contributed by atoms with Gasteiger partial charge < -0.3 is 5.73 Å². The zero-order valence-electron chi connectivity index (χ0n) is 12.5. The summed E-state index contributed by atoms with van der Waals surface area (Å²) in [4.78, 5) is 27.1. The Balaban J connectivity index is 1.87. The van der Waals surface area contributed by atoms with Gasteiger partial charge in [-0.2, -0.15) is 0 Å². The van der Waals surface area contributed by atoms with Crippen LogP contribution in [0.25, 0.3) is 0 Å². The van der Waals surface area contributed by atoms with Gasteiger partial charge in [0, 0.05) is 22.0 Å². The summed E-state index contributed by atoms with van der Waals surface area (Å²) in [5.74, 6) is -0.416. The molecule has 1 heterocycles. The number of thioether (sulfide) groups is 1. The maximum Gasteiger partial charge on any atom is 0.247 e. The number of nitrogens with two attached hydrogens (primary N) is 1. The summed E-state index contributed by atoms with van der Waals surface area (Å²) in [5, 5.41) is 0.121. The molecule has 0 radical (unpaired) electrons. The SMILES string of the molecule is Cc1cc(Cl)ccc1N1C(=O)C[C@H](Sc2ccccc2N)C1=O. The highest BCUT2D eigenvalue weighted by Gasteiger charge is 2.40. The van der Waals surface area contributed by atoms with Crippen molar-refractivity contribution in [2.75, 3.05) is 10.6 Å². The number of benzene rings is 2. The van der Waals surface area contributed by atoms with Gasteiger partial charge in [-0.15, -0.1) is 11.8 Å². The third kappa shape index (κ3) is 3.07. The number of carbonyl (C=O) groups excluding carboxylic acids is 2. The molecular formula is C17H15ClN2O2S. The van der Waals surface area contributed by atoms with Crippen molar-refractivity contribution >= 4 is 46.6 Å². The first-order valence-electron chi connectivity index (χ1n) is 7.11. The van der Waals surface area contributed by atoms with E-state index in [-0.39, 0.29) is 18.2 Å². The van der Waals surface area contributed by atoms with E-state index in [9.17, 15) is 9.59 Å². The number of carbonyl (C=O) groups is 2. The Bertz CT molecular complexity index is 794. The highest BCUT2D eigenvalue weighted by Crippen LogP contribution is 2.37. The molecule has 0 spiro atoms. The molecular weight excluding hydrogens is 332 g/mol. The molecule has 118 valence electrons. The van der Waals surface area contributed by atoms with Gasteiger partial charge in [0.25, 0.3) is 0 Å². The maximum absolute atomic E-state index is 12.7. The highest BCUT2D eigenvalue weighted by atomic mass is 35.5. The first-order chi connectivity index (χ1) is 11.0. The lowest BCUT2D eigenvalue weighted by atomic mass is 10.2. The van der Waals surface area contributed by atoms with Crippen molar-refractivity contribution < 1.29 is 9.59 Å². The number of amides is 2. The number of halogens is 1. The molecule has 2 N–H and O–H groups in total. The molecule has 2 aromatic rings. The molecule has 2 aromatic carbocycles. The van der Waals surface area contributed by atoms with Crippen LogP contribution in [0.4, 0.5) is 11.4 Å². The summed E-state index contributed by atoms with van der Waals surface area (Å²) in [7, 11) is 0. The van der Waals surface area contributed by atoms with E-state index in [1.165, 1.54) is 16.7 Å². The molecule has 0 unspecified atom stereocenters. The third-order valence-electron chi connectivity index (χ3n) is 3.69. The van der Waals surface area contributed by atoms with Crippen LogP contribution in [0.3, 0.4) is 0 Å². The van der Waals surface area contributed by atoms with Gasteiger partial charge in [0.05, 0.1) is 10.9 Å². The molecule has 0 saturated carbocycles. The van der Waals surface area contributed by atoms with Crippen molar-refractivity contribution in [3.05, 3.63) is 53.1 Å². The lowest BCUT2D eigenvalue weighted by Crippen LogP contribution is -2.31. The Labute approximate surface area is 143 Å². The molecule has 1 aliphatic rings. The predicted molar refractivity (Wildman–Crippen MR) is 93.8 cm³/mol. The summed E-state index contributed by atoms with van der Waals surface area (Å²) in [6.45, 7) is 1.83. The average Bonchev–Trinajstić information content (AvgIpc) is 2.77. The molecule has 1 saturated heterocycles. The molecule has 23 heavy (non-hydrogen) atoms. The number of hydrogen-bond acceptors (Lipinski definition) is 4. The van der Waals surface area contributed by atoms with Crippen LogP contribution in [-0.4, -0.2) is 17.1 Å². The largest absolute Gasteiger partial charge is 0.398 e. The van der Waals surface area contributed by atoms with Crippen molar-refractivity contribution in [2.45, 2.75) is 23.5 Å². The molecule has 0 aromatic heterocycles. The van der Waals surface area contributed by atoms with Gasteiger partial charge in [-0.05, 0) is 42.8 Å². The van der Waals surface area contributed by atoms with Crippen LogP contribution in [0, 0.1) is 6.92 Å². The minimum atomic E-state index is -0.456. The first-order valence-corrected chi connectivity index (χ1v) is 8.37. The van der Waals surface area contributed by atoms with Gasteiger partial charge in [0.2, 0.25) is 11.8 Å². The van der Waals surface area contributed by atoms with Crippen molar-refractivity contribution in [1.82, 2.24) is 0 Å². The second-order valence-electron chi connectivity index (χ2n) is 5.35. The van der Waals surface area contributed by atoms with E-state index in [0.717, 1.165) is 10.5 Å². The minimum Gasteiger partial charge on any atom is -0.398 e. The molecule has 1 aliphatic heterocycles. The lowest BCUT2D eigenvalue weighted by Gasteiger charge is -2.17. The molecule has 1 fully saturated rings. The quantitative estimate of drug-likeness (QED) is 0.680. The highest BCUT2D eigenvalue weighted by molar-refractivity contribution is 8.00. The summed E-state index contributed by atoms with van der Waals surface area (Å²) < 4.78 is 0. The van der Waals surface area contributed by atoms with Crippen molar-refractivity contribution in [1.29, 1.82) is 0 Å². The fraction of sp³-hybridized carbons (Fsp3) is 0.176. The Morgan fingerprint density at radius 3 is 2.65 bits per heavy atom. The Morgan fingerprint density at radius 1 is 1.22 bits per heavy atom. The second kappa shape index (κ2) is 6.26. The first kappa shape index (κ1) is 15.9. The second-order valence-corrected chi connectivity index (χ2v) is 7.03. The summed E-state index contributed by atoms with van der Waals surface area (Å²) in [5.41, 5.74) is 7.92. The minimum absolute atomic E-state index is 0.167. The normalized spacial score (nSPS) is 17.8. The van der Waals surface area contributed by atoms with Gasteiger partial charge in [0.1, 0.15) is 0 Å². The molecule has 2 amide bonds. The van der Waals surface area contributed by atoms with Crippen LogP contribution in [0.2, 0.25) is 5.02 Å². The number of imide groups is 1. The van der Waals surface area contributed by atoms with Crippen molar-refractivity contribution in [3.8, 4) is 0 Å². The number of para-hydroxylation sites is 1. The van der Waals surface area contributed by atoms with E-state index in [2.05, 4.69) is 0 Å². The van der Waals surface area contributed by atoms with E-state index in [4.69, 9.17) is 17.3 Å². The van der Waals surface area contributed by atoms with Crippen LogP contribution < -0.4 is 10.6 Å². The number of hydrogen-bond donors (Lipinski definition) is 1. The Kier molecular flexibility index (Phi) is 4.33. The summed E-state index contributed by atoms with van der Waals surface area (Å²) in [6, 6.07) is 12.5. The zero-order valence-corrected chi connectivity index (χ0v) is 14.0. The molecule has 1 atom stereocenters. The molecule has 6 heteroatoms. The fourth-order valence-electron chi connectivity index (χ4n) is 2.56. The van der Waals surface area contributed by atoms with Gasteiger partial charge in [-0.3, -0.25) is 9.59 Å². The van der Waals surface area contributed by atoms with Gasteiger partial charge in [-0.25, -0.2) is 4.90 Å². The van der Waals surface area contributed by atoms with Crippen LogP contribution in [-0.2, 0) is 9.59 Å². The number of nitrogen functional groups attached to an aromatic ring is 1. The van der Waals surface area contributed by atoms with Crippen LogP contribution in [0.5, 0.6) is 0 Å². The molecule has 0 bridgehead atoms. The predicted octanol–water partition coefficient (Wildman–Crippen LogP) is 3.65. The number of nitrogens with zero attached hydrogens (tertiary/aromatic N) is 1. The standard InChI is InChI=1S/C17H15ClN2O2S/c1-10-8-11(18)6-7-13(10)20-16(21)9-15(17(20)22)23-14-5-3-2-4-12(14)19/h2-8,15H,9,19H2,1H3/t15-/m0/s1. The maximum atomic E-state index is 12.7. The van der Waals surface area contributed by atoms with Crippen LogP contribution in [0.1, 0.15) is 12.0 Å². The van der Waals surface area contributed by atoms with E-state index < -0.39 is 5.25 Å². The van der Waals surface area contributed by atoms with E-state index in [1.807, 2.05) is 25.1 Å². The van der Waals surface area contributed by atoms with Crippen LogP contribution in [0.15, 0.2) is 47.4 Å². The van der Waals surface area contributed by atoms with Crippen molar-refractivity contribution in [2.24, 2.45) is 0 Å². The number of anilines is 2. The Hall–Kier alpha value is -1.98. The Morgan fingerprint density at radius 2 is 1.96 bits per heavy atom. The smallest absolute Gasteiger partial charge is 0.247 e. The van der Waals surface area contributed by atoms with Gasteiger partial charge in [-0.1, -0.05) is 23.7 Å². The molecule has 0 aliphatic carbocycles. The van der Waals surface area contributed by atoms with Crippen molar-refractivity contribution in [3.63, 3.8) is 0 Å². The number of rotatable bonds is 3. The zero-order chi connectivity index (χ0) is 16.6.